The summed E-state index contributed by atoms with van der Waals surface area (Å²) in [6, 6.07) is 0. The summed E-state index contributed by atoms with van der Waals surface area (Å²) in [5, 5.41) is 0. The summed E-state index contributed by atoms with van der Waals surface area (Å²) in [6.45, 7) is 0. The van der Waals surface area contributed by atoms with Crippen molar-refractivity contribution in [2.24, 2.45) is 0 Å². The van der Waals surface area contributed by atoms with Gasteiger partial charge in [-0.3, -0.25) is 4.79 Å². The van der Waals surface area contributed by atoms with Gasteiger partial charge in [-0.05, 0) is 43.2 Å². The highest BCUT2D eigenvalue weighted by molar-refractivity contribution is 5.77. The zero-order chi connectivity index (χ0) is 11.9. The van der Waals surface area contributed by atoms with Crippen molar-refractivity contribution in [3.05, 3.63) is 71.8 Å². The minimum absolute atomic E-state index is 0.687. The van der Waals surface area contributed by atoms with Crippen LogP contribution in [0.5, 0.6) is 0 Å². The Kier molecular flexibility index (Phi) is 3.92. The molecule has 0 aromatic rings. The average molecular weight is 226 g/mol. The van der Waals surface area contributed by atoms with Crippen molar-refractivity contribution in [2.75, 3.05) is 0 Å². The molecule has 0 fully saturated rings. The summed E-state index contributed by atoms with van der Waals surface area (Å²) in [4.78, 5) is 10.6. The monoisotopic (exact) mass is 226 g/mol. The first-order valence-corrected chi connectivity index (χ1v) is 5.63. The third-order valence-corrected chi connectivity index (χ3v) is 2.45. The maximum Gasteiger partial charge on any atom is 0.149 e. The number of allylic oxidation sites excluding steroid dienone is 10. The third-order valence-electron chi connectivity index (χ3n) is 2.45. The second-order valence-electron chi connectivity index (χ2n) is 3.73. The molecule has 0 atom stereocenters. The van der Waals surface area contributed by atoms with Gasteiger partial charge in [-0.1, -0.05) is 24.3 Å². The molecule has 0 saturated heterocycles. The van der Waals surface area contributed by atoms with Gasteiger partial charge in [-0.2, -0.15) is 0 Å². The van der Waals surface area contributed by atoms with Crippen molar-refractivity contribution in [1.29, 1.82) is 0 Å². The zero-order valence-electron chi connectivity index (χ0n) is 9.50. The van der Waals surface area contributed by atoms with E-state index in [-0.39, 0.29) is 0 Å². The van der Waals surface area contributed by atoms with Crippen LogP contribution in [0.2, 0.25) is 0 Å². The number of aldehydes is 1. The summed E-state index contributed by atoms with van der Waals surface area (Å²) in [7, 11) is 0. The van der Waals surface area contributed by atoms with Crippen molar-refractivity contribution >= 4 is 6.29 Å². The van der Waals surface area contributed by atoms with Crippen LogP contribution in [0, 0.1) is 0 Å². The molecule has 0 heterocycles. The van der Waals surface area contributed by atoms with Gasteiger partial charge in [0.15, 0.2) is 0 Å². The molecule has 2 rings (SSSR count). The zero-order valence-corrected chi connectivity index (χ0v) is 9.50. The van der Waals surface area contributed by atoms with Crippen LogP contribution in [0.4, 0.5) is 0 Å². The molecule has 17 heavy (non-hydrogen) atoms. The van der Waals surface area contributed by atoms with E-state index < -0.39 is 0 Å². The second-order valence-corrected chi connectivity index (χ2v) is 3.73. The molecule has 0 unspecified atom stereocenters. The summed E-state index contributed by atoms with van der Waals surface area (Å²) < 4.78 is 5.74. The summed E-state index contributed by atoms with van der Waals surface area (Å²) in [5.74, 6) is 1.61. The van der Waals surface area contributed by atoms with Gasteiger partial charge in [0.2, 0.25) is 0 Å². The largest absolute Gasteiger partial charge is 0.458 e. The average Bonchev–Trinajstić information content (AvgIpc) is 2.72. The molecule has 0 spiro atoms. The van der Waals surface area contributed by atoms with E-state index in [2.05, 4.69) is 6.08 Å². The van der Waals surface area contributed by atoms with Gasteiger partial charge in [-0.15, -0.1) is 0 Å². The second kappa shape index (κ2) is 5.85. The lowest BCUT2D eigenvalue weighted by Gasteiger charge is -2.06. The predicted octanol–water partition coefficient (Wildman–Crippen LogP) is 3.37. The summed E-state index contributed by atoms with van der Waals surface area (Å²) >= 11 is 0. The molecular weight excluding hydrogens is 212 g/mol. The Balaban J connectivity index is 2.03. The minimum atomic E-state index is 0.687. The summed E-state index contributed by atoms with van der Waals surface area (Å²) in [6.07, 6.45) is 19.8. The van der Waals surface area contributed by atoms with Crippen LogP contribution < -0.4 is 0 Å². The molecule has 0 aromatic carbocycles. The number of carbonyl (C=O) groups excluding carboxylic acids is 1. The normalized spacial score (nSPS) is 18.7. The van der Waals surface area contributed by atoms with Crippen molar-refractivity contribution in [3.8, 4) is 0 Å². The molecular formula is C15H14O2. The Morgan fingerprint density at radius 2 is 1.76 bits per heavy atom. The van der Waals surface area contributed by atoms with Crippen LogP contribution >= 0.6 is 0 Å². The van der Waals surface area contributed by atoms with Crippen molar-refractivity contribution in [3.63, 3.8) is 0 Å². The van der Waals surface area contributed by atoms with Gasteiger partial charge < -0.3 is 4.74 Å². The molecule has 0 radical (unpaired) electrons. The maximum absolute atomic E-state index is 10.6. The Morgan fingerprint density at radius 1 is 0.941 bits per heavy atom. The number of hydrogen-bond acceptors (Lipinski definition) is 2. The number of carbonyl (C=O) groups is 1. The van der Waals surface area contributed by atoms with Gasteiger partial charge in [0, 0.05) is 5.57 Å². The molecule has 0 aliphatic heterocycles. The van der Waals surface area contributed by atoms with Gasteiger partial charge in [0.05, 0.1) is 0 Å². The first kappa shape index (κ1) is 11.4. The number of ether oxygens (including phenoxy) is 1. The van der Waals surface area contributed by atoms with E-state index in [0.29, 0.717) is 12.0 Å². The van der Waals surface area contributed by atoms with Crippen LogP contribution in [0.15, 0.2) is 71.8 Å². The van der Waals surface area contributed by atoms with E-state index in [4.69, 9.17) is 4.74 Å². The molecule has 2 heteroatoms. The third kappa shape index (κ3) is 3.45. The number of rotatable bonds is 3. The lowest BCUT2D eigenvalue weighted by atomic mass is 10.2. The highest BCUT2D eigenvalue weighted by Gasteiger charge is 2.01. The van der Waals surface area contributed by atoms with E-state index in [9.17, 15) is 4.79 Å². The molecule has 2 aliphatic rings. The molecule has 2 nitrogen and oxygen atoms in total. The molecule has 86 valence electrons. The number of hydrogen-bond donors (Lipinski definition) is 0. The van der Waals surface area contributed by atoms with Gasteiger partial charge >= 0.3 is 0 Å². The lowest BCUT2D eigenvalue weighted by molar-refractivity contribution is -0.104. The highest BCUT2D eigenvalue weighted by Crippen LogP contribution is 2.16. The quantitative estimate of drug-likeness (QED) is 0.690. The fourth-order valence-corrected chi connectivity index (χ4v) is 1.56. The Labute approximate surface area is 101 Å². The van der Waals surface area contributed by atoms with E-state index in [1.807, 2.05) is 42.5 Å². The summed E-state index contributed by atoms with van der Waals surface area (Å²) in [5.41, 5.74) is 0.687. The Bertz CT molecular complexity index is 471. The predicted molar refractivity (Wildman–Crippen MR) is 68.1 cm³/mol. The molecule has 0 saturated carbocycles. The van der Waals surface area contributed by atoms with Gasteiger partial charge in [0.1, 0.15) is 17.8 Å². The maximum atomic E-state index is 10.6. The van der Waals surface area contributed by atoms with Crippen LogP contribution in [0.25, 0.3) is 0 Å². The van der Waals surface area contributed by atoms with Gasteiger partial charge in [-0.25, -0.2) is 0 Å². The topological polar surface area (TPSA) is 26.3 Å². The minimum Gasteiger partial charge on any atom is -0.458 e. The Morgan fingerprint density at radius 3 is 2.65 bits per heavy atom. The van der Waals surface area contributed by atoms with Crippen molar-refractivity contribution in [2.45, 2.75) is 12.8 Å². The first-order valence-electron chi connectivity index (χ1n) is 5.63. The van der Waals surface area contributed by atoms with E-state index in [0.717, 1.165) is 24.2 Å². The molecule has 0 N–H and O–H groups in total. The standard InChI is InChI=1S/C15H14O2/c16-12-13-6-5-9-15(11-10-13)17-14-7-3-1-2-4-8-14/h1-3,6-12H,4-5H2. The molecule has 2 aliphatic carbocycles. The van der Waals surface area contributed by atoms with Gasteiger partial charge in [0.25, 0.3) is 0 Å². The molecule has 0 aromatic heterocycles. The van der Waals surface area contributed by atoms with Crippen molar-refractivity contribution < 1.29 is 9.53 Å². The van der Waals surface area contributed by atoms with Crippen LogP contribution in [-0.4, -0.2) is 6.29 Å². The van der Waals surface area contributed by atoms with Crippen LogP contribution in [0.1, 0.15) is 12.8 Å². The fourth-order valence-electron chi connectivity index (χ4n) is 1.56. The van der Waals surface area contributed by atoms with E-state index in [1.165, 1.54) is 0 Å². The lowest BCUT2D eigenvalue weighted by Crippen LogP contribution is -1.88. The highest BCUT2D eigenvalue weighted by atomic mass is 16.5. The first-order chi connectivity index (χ1) is 8.38. The van der Waals surface area contributed by atoms with Crippen LogP contribution in [0.3, 0.4) is 0 Å². The molecule has 0 bridgehead atoms. The van der Waals surface area contributed by atoms with Crippen molar-refractivity contribution in [1.82, 2.24) is 0 Å². The SMILES string of the molecule is O=CC1=CCC=C(OC2=CCC=CC=C2)C=C1. The van der Waals surface area contributed by atoms with E-state index in [1.54, 1.807) is 6.08 Å². The van der Waals surface area contributed by atoms with Crippen LogP contribution in [-0.2, 0) is 9.53 Å². The smallest absolute Gasteiger partial charge is 0.149 e. The van der Waals surface area contributed by atoms with E-state index >= 15 is 0 Å². The molecule has 0 amide bonds. The fraction of sp³-hybridized carbons (Fsp3) is 0.133. The Hall–Kier alpha value is -2.09.